The number of hydrogen-bond acceptors (Lipinski definition) is 2. The van der Waals surface area contributed by atoms with Crippen molar-refractivity contribution in [3.8, 4) is 0 Å². The van der Waals surface area contributed by atoms with Gasteiger partial charge in [0, 0.05) is 18.0 Å². The molecule has 6 heteroatoms. The monoisotopic (exact) mass is 264 g/mol. The van der Waals surface area contributed by atoms with Crippen LogP contribution in [0.4, 0.5) is 14.5 Å². The third-order valence-electron chi connectivity index (χ3n) is 2.50. The van der Waals surface area contributed by atoms with E-state index in [1.807, 2.05) is 0 Å². The van der Waals surface area contributed by atoms with E-state index < -0.39 is 23.0 Å². The molecule has 0 aliphatic heterocycles. The Bertz CT molecular complexity index is 695. The molecule has 0 bridgehead atoms. The third kappa shape index (κ3) is 2.67. The van der Waals surface area contributed by atoms with Crippen LogP contribution in [0, 0.1) is 18.6 Å². The van der Waals surface area contributed by atoms with Gasteiger partial charge in [-0.15, -0.1) is 0 Å². The van der Waals surface area contributed by atoms with Crippen LogP contribution in [0.2, 0.25) is 0 Å². The van der Waals surface area contributed by atoms with Crippen molar-refractivity contribution in [1.82, 2.24) is 4.98 Å². The van der Waals surface area contributed by atoms with E-state index in [1.54, 1.807) is 6.92 Å². The highest BCUT2D eigenvalue weighted by Gasteiger charge is 2.14. The molecule has 0 aliphatic rings. The fraction of sp³-hybridized carbons (Fsp3) is 0.0769. The van der Waals surface area contributed by atoms with Crippen LogP contribution < -0.4 is 10.7 Å². The SMILES string of the molecule is Cc1cc(=O)c(C(=O)Nc2cccc(F)c2F)c[nH]1. The van der Waals surface area contributed by atoms with Crippen LogP contribution in [0.3, 0.4) is 0 Å². The van der Waals surface area contributed by atoms with Crippen molar-refractivity contribution in [3.05, 3.63) is 63.6 Å². The zero-order chi connectivity index (χ0) is 14.0. The second-order valence-electron chi connectivity index (χ2n) is 3.95. The molecule has 1 aromatic heterocycles. The molecular formula is C13H10F2N2O2. The fourth-order valence-electron chi connectivity index (χ4n) is 1.54. The van der Waals surface area contributed by atoms with Crippen LogP contribution >= 0.6 is 0 Å². The summed E-state index contributed by atoms with van der Waals surface area (Å²) in [5.74, 6) is -3.04. The van der Waals surface area contributed by atoms with E-state index >= 15 is 0 Å². The quantitative estimate of drug-likeness (QED) is 0.873. The number of halogens is 2. The average Bonchev–Trinajstić information content (AvgIpc) is 2.34. The van der Waals surface area contributed by atoms with Crippen LogP contribution in [0.1, 0.15) is 16.1 Å². The summed E-state index contributed by atoms with van der Waals surface area (Å²) < 4.78 is 26.3. The summed E-state index contributed by atoms with van der Waals surface area (Å²) in [5, 5.41) is 2.15. The minimum atomic E-state index is -1.17. The molecule has 1 heterocycles. The molecule has 19 heavy (non-hydrogen) atoms. The summed E-state index contributed by atoms with van der Waals surface area (Å²) >= 11 is 0. The lowest BCUT2D eigenvalue weighted by molar-refractivity contribution is 0.102. The Morgan fingerprint density at radius 2 is 2.05 bits per heavy atom. The average molecular weight is 264 g/mol. The van der Waals surface area contributed by atoms with E-state index in [4.69, 9.17) is 0 Å². The molecule has 1 amide bonds. The Labute approximate surface area is 107 Å². The number of anilines is 1. The van der Waals surface area contributed by atoms with Gasteiger partial charge in [0.15, 0.2) is 17.1 Å². The highest BCUT2D eigenvalue weighted by molar-refractivity contribution is 6.04. The topological polar surface area (TPSA) is 62.0 Å². The van der Waals surface area contributed by atoms with Gasteiger partial charge in [-0.05, 0) is 19.1 Å². The van der Waals surface area contributed by atoms with Crippen LogP contribution in [0.15, 0.2) is 35.3 Å². The van der Waals surface area contributed by atoms with E-state index in [0.29, 0.717) is 5.69 Å². The molecule has 0 unspecified atom stereocenters. The van der Waals surface area contributed by atoms with Crippen LogP contribution in [0.25, 0.3) is 0 Å². The summed E-state index contributed by atoms with van der Waals surface area (Å²) in [5.41, 5.74) is -0.386. The van der Waals surface area contributed by atoms with Crippen molar-refractivity contribution in [2.24, 2.45) is 0 Å². The number of benzene rings is 1. The second-order valence-corrected chi connectivity index (χ2v) is 3.95. The van der Waals surface area contributed by atoms with Crippen LogP contribution in [0.5, 0.6) is 0 Å². The van der Waals surface area contributed by atoms with E-state index in [0.717, 1.165) is 6.07 Å². The van der Waals surface area contributed by atoms with Gasteiger partial charge >= 0.3 is 0 Å². The number of nitrogens with one attached hydrogen (secondary N) is 2. The van der Waals surface area contributed by atoms with Crippen molar-refractivity contribution < 1.29 is 13.6 Å². The van der Waals surface area contributed by atoms with Gasteiger partial charge in [-0.1, -0.05) is 6.07 Å². The summed E-state index contributed by atoms with van der Waals surface area (Å²) in [4.78, 5) is 26.1. The normalized spacial score (nSPS) is 10.3. The van der Waals surface area contributed by atoms with E-state index in [-0.39, 0.29) is 11.3 Å². The predicted molar refractivity (Wildman–Crippen MR) is 66.1 cm³/mol. The Hall–Kier alpha value is -2.50. The molecule has 0 radical (unpaired) electrons. The molecule has 98 valence electrons. The number of rotatable bonds is 2. The fourth-order valence-corrected chi connectivity index (χ4v) is 1.54. The minimum Gasteiger partial charge on any atom is -0.364 e. The number of aromatic nitrogens is 1. The van der Waals surface area contributed by atoms with Crippen molar-refractivity contribution in [1.29, 1.82) is 0 Å². The lowest BCUT2D eigenvalue weighted by Crippen LogP contribution is -2.22. The van der Waals surface area contributed by atoms with E-state index in [9.17, 15) is 18.4 Å². The lowest BCUT2D eigenvalue weighted by Gasteiger charge is -2.06. The lowest BCUT2D eigenvalue weighted by atomic mass is 10.2. The number of amides is 1. The molecule has 2 rings (SSSR count). The first-order valence-electron chi connectivity index (χ1n) is 5.43. The van der Waals surface area contributed by atoms with Crippen molar-refractivity contribution >= 4 is 11.6 Å². The predicted octanol–water partition coefficient (Wildman–Crippen LogP) is 2.21. The van der Waals surface area contributed by atoms with E-state index in [2.05, 4.69) is 10.3 Å². The maximum absolute atomic E-state index is 13.4. The Morgan fingerprint density at radius 1 is 1.32 bits per heavy atom. The number of carbonyl (C=O) groups is 1. The van der Waals surface area contributed by atoms with Gasteiger partial charge in [0.2, 0.25) is 0 Å². The van der Waals surface area contributed by atoms with Crippen molar-refractivity contribution in [3.63, 3.8) is 0 Å². The standard InChI is InChI=1S/C13H10F2N2O2/c1-7-5-11(18)8(6-16-7)13(19)17-10-4-2-3-9(14)12(10)15/h2-6H,1H3,(H,16,18)(H,17,19). The first kappa shape index (κ1) is 12.9. The number of carbonyl (C=O) groups excluding carboxylic acids is 1. The van der Waals surface area contributed by atoms with Gasteiger partial charge in [-0.2, -0.15) is 0 Å². The van der Waals surface area contributed by atoms with Gasteiger partial charge < -0.3 is 10.3 Å². The molecule has 0 spiro atoms. The van der Waals surface area contributed by atoms with Crippen molar-refractivity contribution in [2.45, 2.75) is 6.92 Å². The summed E-state index contributed by atoms with van der Waals surface area (Å²) in [6.07, 6.45) is 1.23. The van der Waals surface area contributed by atoms with Crippen LogP contribution in [-0.4, -0.2) is 10.9 Å². The molecular weight excluding hydrogens is 254 g/mol. The van der Waals surface area contributed by atoms with Gasteiger partial charge in [0.1, 0.15) is 5.56 Å². The highest BCUT2D eigenvalue weighted by atomic mass is 19.2. The molecule has 0 saturated heterocycles. The largest absolute Gasteiger partial charge is 0.364 e. The number of H-pyrrole nitrogens is 1. The van der Waals surface area contributed by atoms with E-state index in [1.165, 1.54) is 24.4 Å². The number of aryl methyl sites for hydroxylation is 1. The number of pyridine rings is 1. The molecule has 1 aromatic carbocycles. The van der Waals surface area contributed by atoms with Gasteiger partial charge in [-0.25, -0.2) is 8.78 Å². The van der Waals surface area contributed by atoms with Gasteiger partial charge in [0.25, 0.3) is 5.91 Å². The minimum absolute atomic E-state index is 0.172. The zero-order valence-corrected chi connectivity index (χ0v) is 9.96. The zero-order valence-electron chi connectivity index (χ0n) is 9.96. The Morgan fingerprint density at radius 3 is 2.74 bits per heavy atom. The maximum atomic E-state index is 13.4. The Kier molecular flexibility index (Phi) is 3.41. The first-order chi connectivity index (χ1) is 8.99. The maximum Gasteiger partial charge on any atom is 0.261 e. The van der Waals surface area contributed by atoms with Gasteiger partial charge in [-0.3, -0.25) is 9.59 Å². The summed E-state index contributed by atoms with van der Waals surface area (Å²) in [6.45, 7) is 1.66. The molecule has 0 fully saturated rings. The molecule has 2 aromatic rings. The smallest absolute Gasteiger partial charge is 0.261 e. The molecule has 0 saturated carbocycles. The molecule has 2 N–H and O–H groups in total. The van der Waals surface area contributed by atoms with Gasteiger partial charge in [0.05, 0.1) is 5.69 Å². The first-order valence-corrected chi connectivity index (χ1v) is 5.43. The number of aromatic amines is 1. The molecule has 4 nitrogen and oxygen atoms in total. The third-order valence-corrected chi connectivity index (χ3v) is 2.50. The van der Waals surface area contributed by atoms with Crippen LogP contribution in [-0.2, 0) is 0 Å². The molecule has 0 aliphatic carbocycles. The Balaban J connectivity index is 2.31. The summed E-state index contributed by atoms with van der Waals surface area (Å²) in [7, 11) is 0. The summed E-state index contributed by atoms with van der Waals surface area (Å²) in [6, 6.07) is 4.65. The second kappa shape index (κ2) is 5.01. The number of hydrogen-bond donors (Lipinski definition) is 2. The molecule has 0 atom stereocenters. The highest BCUT2D eigenvalue weighted by Crippen LogP contribution is 2.16. The van der Waals surface area contributed by atoms with Crippen molar-refractivity contribution in [2.75, 3.05) is 5.32 Å².